The van der Waals surface area contributed by atoms with E-state index in [1.165, 1.54) is 36.6 Å². The van der Waals surface area contributed by atoms with Gasteiger partial charge in [0.25, 0.3) is 0 Å². The minimum absolute atomic E-state index is 0.000427. The van der Waals surface area contributed by atoms with E-state index >= 15 is 0 Å². The van der Waals surface area contributed by atoms with Crippen LogP contribution in [0.3, 0.4) is 0 Å². The summed E-state index contributed by atoms with van der Waals surface area (Å²) in [6.07, 6.45) is 2.51. The molecule has 4 rings (SSSR count). The Kier molecular flexibility index (Phi) is 7.69. The maximum atomic E-state index is 14.4. The van der Waals surface area contributed by atoms with E-state index in [1.54, 1.807) is 24.3 Å². The average Bonchev–Trinajstić information content (AvgIpc) is 3.43. The third-order valence-electron chi connectivity index (χ3n) is 5.22. The number of phenols is 2. The van der Waals surface area contributed by atoms with Gasteiger partial charge in [-0.05, 0) is 29.8 Å². The molecular weight excluding hydrogens is 486 g/mol. The first-order valence-corrected chi connectivity index (χ1v) is 10.9. The summed E-state index contributed by atoms with van der Waals surface area (Å²) < 4.78 is 33.3. The Hall–Kier alpha value is -4.84. The summed E-state index contributed by atoms with van der Waals surface area (Å²) in [7, 11) is 0. The van der Waals surface area contributed by atoms with Gasteiger partial charge in [0, 0.05) is 18.2 Å². The fraction of sp³-hybridized carbons (Fsp3) is 0.120. The summed E-state index contributed by atoms with van der Waals surface area (Å²) >= 11 is 0. The number of nitrogens with zero attached hydrogens (tertiary/aromatic N) is 4. The van der Waals surface area contributed by atoms with Crippen molar-refractivity contribution in [3.05, 3.63) is 101 Å². The molecule has 4 aromatic rings. The monoisotopic (exact) mass is 508 g/mol. The zero-order chi connectivity index (χ0) is 26.4. The SMILES string of the molecule is NC(=CC(=NCc1ccccc1F)c1ccon1)c1ncc(F)c(NCC(O)c2ccc(O)c(O)c2)n1. The Morgan fingerprint density at radius 3 is 2.65 bits per heavy atom. The Morgan fingerprint density at radius 1 is 1.11 bits per heavy atom. The molecule has 12 heteroatoms. The van der Waals surface area contributed by atoms with Gasteiger partial charge in [-0.2, -0.15) is 0 Å². The van der Waals surface area contributed by atoms with Crippen LogP contribution < -0.4 is 11.1 Å². The Bertz CT molecular complexity index is 1440. The van der Waals surface area contributed by atoms with Gasteiger partial charge in [-0.25, -0.2) is 18.7 Å². The van der Waals surface area contributed by atoms with E-state index in [0.717, 1.165) is 6.20 Å². The van der Waals surface area contributed by atoms with Crippen molar-refractivity contribution >= 4 is 17.2 Å². The van der Waals surface area contributed by atoms with Crippen LogP contribution in [-0.4, -0.2) is 42.7 Å². The first-order chi connectivity index (χ1) is 17.8. The van der Waals surface area contributed by atoms with Crippen LogP contribution in [0.1, 0.15) is 28.7 Å². The van der Waals surface area contributed by atoms with Crippen LogP contribution >= 0.6 is 0 Å². The van der Waals surface area contributed by atoms with Gasteiger partial charge in [0.05, 0.1) is 30.3 Å². The largest absolute Gasteiger partial charge is 0.504 e. The number of aliphatic hydroxyl groups excluding tert-OH is 1. The number of benzene rings is 2. The number of rotatable bonds is 9. The normalized spacial score (nSPS) is 12.9. The number of allylic oxidation sites excluding steroid dienone is 1. The molecule has 0 fully saturated rings. The first-order valence-electron chi connectivity index (χ1n) is 10.9. The van der Waals surface area contributed by atoms with Crippen molar-refractivity contribution in [3.63, 3.8) is 0 Å². The van der Waals surface area contributed by atoms with Crippen LogP contribution in [0.4, 0.5) is 14.6 Å². The van der Waals surface area contributed by atoms with E-state index in [9.17, 15) is 24.1 Å². The van der Waals surface area contributed by atoms with E-state index in [4.69, 9.17) is 10.3 Å². The molecule has 0 aliphatic heterocycles. The summed E-state index contributed by atoms with van der Waals surface area (Å²) in [4.78, 5) is 12.4. The lowest BCUT2D eigenvalue weighted by molar-refractivity contribution is 0.191. The molecule has 0 saturated heterocycles. The lowest BCUT2D eigenvalue weighted by Crippen LogP contribution is -2.16. The molecule has 10 nitrogen and oxygen atoms in total. The fourth-order valence-corrected chi connectivity index (χ4v) is 3.24. The molecular formula is C25H22F2N6O4. The van der Waals surface area contributed by atoms with Crippen LogP contribution in [0, 0.1) is 11.6 Å². The summed E-state index contributed by atoms with van der Waals surface area (Å²) in [6, 6.07) is 11.6. The maximum Gasteiger partial charge on any atom is 0.183 e. The molecule has 0 radical (unpaired) electrons. The highest BCUT2D eigenvalue weighted by Crippen LogP contribution is 2.28. The predicted octanol–water partition coefficient (Wildman–Crippen LogP) is 3.29. The molecule has 0 bridgehead atoms. The molecule has 0 aliphatic rings. The van der Waals surface area contributed by atoms with Crippen LogP contribution in [0.25, 0.3) is 5.70 Å². The van der Waals surface area contributed by atoms with Crippen LogP contribution in [0.15, 0.2) is 76.6 Å². The number of aliphatic hydroxyl groups is 1. The first kappa shape index (κ1) is 25.3. The predicted molar refractivity (Wildman–Crippen MR) is 131 cm³/mol. The quantitative estimate of drug-likeness (QED) is 0.169. The number of aromatic nitrogens is 3. The standard InChI is InChI=1S/C25H22F2N6O4/c26-16-4-2-1-3-15(16)11-29-20(19-7-8-37-33-19)10-18(28)25-30-12-17(27)24(32-25)31-13-23(36)14-5-6-21(34)22(35)9-14/h1-10,12,23,34-36H,11,13,28H2,(H,30,31,32). The minimum Gasteiger partial charge on any atom is -0.504 e. The molecule has 6 N–H and O–H groups in total. The highest BCUT2D eigenvalue weighted by Gasteiger charge is 2.15. The van der Waals surface area contributed by atoms with Crippen molar-refractivity contribution in [3.8, 4) is 11.5 Å². The number of nitrogens with one attached hydrogen (secondary N) is 1. The van der Waals surface area contributed by atoms with Gasteiger partial charge in [0.2, 0.25) is 0 Å². The average molecular weight is 508 g/mol. The van der Waals surface area contributed by atoms with Crippen molar-refractivity contribution in [2.45, 2.75) is 12.6 Å². The smallest absolute Gasteiger partial charge is 0.183 e. The number of nitrogens with two attached hydrogens (primary N) is 1. The second kappa shape index (κ2) is 11.3. The molecule has 0 amide bonds. The Morgan fingerprint density at radius 2 is 1.92 bits per heavy atom. The highest BCUT2D eigenvalue weighted by atomic mass is 19.1. The molecule has 0 aliphatic carbocycles. The van der Waals surface area contributed by atoms with Crippen molar-refractivity contribution in [1.29, 1.82) is 0 Å². The molecule has 2 aromatic carbocycles. The van der Waals surface area contributed by atoms with Gasteiger partial charge in [-0.15, -0.1) is 0 Å². The van der Waals surface area contributed by atoms with Crippen molar-refractivity contribution in [2.75, 3.05) is 11.9 Å². The molecule has 37 heavy (non-hydrogen) atoms. The molecule has 2 heterocycles. The van der Waals surface area contributed by atoms with Gasteiger partial charge in [-0.1, -0.05) is 29.4 Å². The van der Waals surface area contributed by atoms with Gasteiger partial charge < -0.3 is 30.9 Å². The lowest BCUT2D eigenvalue weighted by atomic mass is 10.1. The van der Waals surface area contributed by atoms with Gasteiger partial charge in [-0.3, -0.25) is 4.99 Å². The van der Waals surface area contributed by atoms with Crippen LogP contribution in [-0.2, 0) is 6.54 Å². The van der Waals surface area contributed by atoms with Gasteiger partial charge >= 0.3 is 0 Å². The zero-order valence-corrected chi connectivity index (χ0v) is 19.2. The maximum absolute atomic E-state index is 14.4. The summed E-state index contributed by atoms with van der Waals surface area (Å²) in [5, 5.41) is 35.9. The molecule has 0 saturated carbocycles. The van der Waals surface area contributed by atoms with E-state index in [1.807, 2.05) is 0 Å². The van der Waals surface area contributed by atoms with Crippen molar-refractivity contribution < 1.29 is 28.6 Å². The fourth-order valence-electron chi connectivity index (χ4n) is 3.24. The molecule has 190 valence electrons. The molecule has 0 spiro atoms. The number of halogens is 2. The number of hydrogen-bond donors (Lipinski definition) is 5. The zero-order valence-electron chi connectivity index (χ0n) is 19.2. The number of anilines is 1. The third kappa shape index (κ3) is 6.24. The lowest BCUT2D eigenvalue weighted by Gasteiger charge is -2.14. The minimum atomic E-state index is -1.15. The summed E-state index contributed by atoms with van der Waals surface area (Å²) in [6.45, 7) is -0.171. The van der Waals surface area contributed by atoms with E-state index in [-0.39, 0.29) is 41.9 Å². The number of aliphatic imine (C=N–C) groups is 1. The third-order valence-corrected chi connectivity index (χ3v) is 5.22. The number of hydrogen-bond acceptors (Lipinski definition) is 10. The molecule has 2 aromatic heterocycles. The summed E-state index contributed by atoms with van der Waals surface area (Å²) in [5.74, 6) is -2.20. The highest BCUT2D eigenvalue weighted by molar-refractivity contribution is 6.10. The molecule has 1 unspecified atom stereocenters. The van der Waals surface area contributed by atoms with Crippen molar-refractivity contribution in [1.82, 2.24) is 15.1 Å². The van der Waals surface area contributed by atoms with Gasteiger partial charge in [0.1, 0.15) is 17.8 Å². The van der Waals surface area contributed by atoms with Gasteiger partial charge in [0.15, 0.2) is 29.0 Å². The number of aromatic hydroxyl groups is 2. The second-order valence-corrected chi connectivity index (χ2v) is 7.81. The summed E-state index contributed by atoms with van der Waals surface area (Å²) in [5.41, 5.74) is 7.44. The topological polar surface area (TPSA) is 163 Å². The van der Waals surface area contributed by atoms with Crippen molar-refractivity contribution in [2.24, 2.45) is 10.7 Å². The van der Waals surface area contributed by atoms with Crippen LogP contribution in [0.2, 0.25) is 0 Å². The van der Waals surface area contributed by atoms with E-state index in [2.05, 4.69) is 25.4 Å². The van der Waals surface area contributed by atoms with Crippen LogP contribution in [0.5, 0.6) is 11.5 Å². The number of phenolic OH excluding ortho intramolecular Hbond substituents is 2. The molecule has 1 atom stereocenters. The Balaban J connectivity index is 1.54. The second-order valence-electron chi connectivity index (χ2n) is 7.81. The van der Waals surface area contributed by atoms with E-state index < -0.39 is 23.5 Å². The van der Waals surface area contributed by atoms with E-state index in [0.29, 0.717) is 16.8 Å². The Labute approximate surface area is 209 Å².